The van der Waals surface area contributed by atoms with Crippen molar-refractivity contribution in [3.05, 3.63) is 24.0 Å². The number of anilines is 1. The van der Waals surface area contributed by atoms with Gasteiger partial charge in [-0.25, -0.2) is 0 Å². The minimum Gasteiger partial charge on any atom is -0.399 e. The lowest BCUT2D eigenvalue weighted by atomic mass is 10.2. The van der Waals surface area contributed by atoms with Crippen molar-refractivity contribution in [3.63, 3.8) is 0 Å². The van der Waals surface area contributed by atoms with Crippen molar-refractivity contribution in [2.24, 2.45) is 5.92 Å². The van der Waals surface area contributed by atoms with Crippen molar-refractivity contribution in [2.45, 2.75) is 20.4 Å². The van der Waals surface area contributed by atoms with Crippen LogP contribution in [0.3, 0.4) is 0 Å². The minimum absolute atomic E-state index is 0.0426. The van der Waals surface area contributed by atoms with Gasteiger partial charge >= 0.3 is 0 Å². The lowest BCUT2D eigenvalue weighted by Crippen LogP contribution is -2.28. The van der Waals surface area contributed by atoms with Gasteiger partial charge in [-0.3, -0.25) is 9.88 Å². The van der Waals surface area contributed by atoms with E-state index in [2.05, 4.69) is 22.9 Å². The average molecular weight is 218 g/mol. The second kappa shape index (κ2) is 6.09. The SMILES string of the molecule is CCN(Cc1cc(N)ccn1)CC(C)C#N. The zero-order valence-electron chi connectivity index (χ0n) is 9.85. The summed E-state index contributed by atoms with van der Waals surface area (Å²) in [5, 5.41) is 8.78. The molecule has 0 aromatic carbocycles. The highest BCUT2D eigenvalue weighted by Gasteiger charge is 2.09. The Kier molecular flexibility index (Phi) is 4.74. The number of pyridine rings is 1. The van der Waals surface area contributed by atoms with E-state index in [1.807, 2.05) is 13.0 Å². The maximum atomic E-state index is 8.78. The molecule has 0 fully saturated rings. The highest BCUT2D eigenvalue weighted by molar-refractivity contribution is 5.37. The molecule has 86 valence electrons. The number of hydrogen-bond donors (Lipinski definition) is 1. The average Bonchev–Trinajstić information content (AvgIpc) is 2.28. The highest BCUT2D eigenvalue weighted by Crippen LogP contribution is 2.08. The Morgan fingerprint density at radius 2 is 2.38 bits per heavy atom. The summed E-state index contributed by atoms with van der Waals surface area (Å²) in [4.78, 5) is 6.45. The van der Waals surface area contributed by atoms with Gasteiger partial charge in [0.2, 0.25) is 0 Å². The third-order valence-electron chi connectivity index (χ3n) is 2.43. The summed E-state index contributed by atoms with van der Waals surface area (Å²) in [5.74, 6) is 0.0426. The third kappa shape index (κ3) is 3.87. The molecule has 1 aromatic rings. The van der Waals surface area contributed by atoms with Crippen molar-refractivity contribution in [1.82, 2.24) is 9.88 Å². The van der Waals surface area contributed by atoms with Gasteiger partial charge in [0.25, 0.3) is 0 Å². The van der Waals surface area contributed by atoms with Crippen LogP contribution >= 0.6 is 0 Å². The molecule has 0 bridgehead atoms. The lowest BCUT2D eigenvalue weighted by Gasteiger charge is -2.20. The van der Waals surface area contributed by atoms with Gasteiger partial charge in [-0.05, 0) is 25.6 Å². The van der Waals surface area contributed by atoms with Crippen molar-refractivity contribution in [1.29, 1.82) is 5.26 Å². The van der Waals surface area contributed by atoms with Gasteiger partial charge in [0, 0.05) is 25.0 Å². The predicted molar refractivity (Wildman–Crippen MR) is 64.4 cm³/mol. The summed E-state index contributed by atoms with van der Waals surface area (Å²) in [6.07, 6.45) is 1.71. The highest BCUT2D eigenvalue weighted by atomic mass is 15.1. The van der Waals surface area contributed by atoms with Gasteiger partial charge in [-0.15, -0.1) is 0 Å². The molecule has 16 heavy (non-hydrogen) atoms. The Morgan fingerprint density at radius 3 is 2.94 bits per heavy atom. The van der Waals surface area contributed by atoms with E-state index in [4.69, 9.17) is 11.0 Å². The number of nitriles is 1. The maximum Gasteiger partial charge on any atom is 0.0666 e. The summed E-state index contributed by atoms with van der Waals surface area (Å²) < 4.78 is 0. The second-order valence-electron chi connectivity index (χ2n) is 3.94. The van der Waals surface area contributed by atoms with Gasteiger partial charge < -0.3 is 5.73 Å². The number of hydrogen-bond acceptors (Lipinski definition) is 4. The minimum atomic E-state index is 0.0426. The molecule has 1 unspecified atom stereocenters. The molecule has 0 spiro atoms. The molecule has 0 aliphatic heterocycles. The molecule has 0 saturated carbocycles. The van der Waals surface area contributed by atoms with Crippen molar-refractivity contribution >= 4 is 5.69 Å². The summed E-state index contributed by atoms with van der Waals surface area (Å²) in [6, 6.07) is 5.89. The molecule has 0 aliphatic rings. The van der Waals surface area contributed by atoms with E-state index in [9.17, 15) is 0 Å². The van der Waals surface area contributed by atoms with Crippen molar-refractivity contribution in [3.8, 4) is 6.07 Å². The largest absolute Gasteiger partial charge is 0.399 e. The molecule has 1 rings (SSSR count). The smallest absolute Gasteiger partial charge is 0.0666 e. The van der Waals surface area contributed by atoms with Crippen LogP contribution in [0.1, 0.15) is 19.5 Å². The molecular formula is C12H18N4. The zero-order chi connectivity index (χ0) is 12.0. The van der Waals surface area contributed by atoms with Crippen LogP contribution < -0.4 is 5.73 Å². The van der Waals surface area contributed by atoms with Crippen LogP contribution in [0.2, 0.25) is 0 Å². The van der Waals surface area contributed by atoms with E-state index in [-0.39, 0.29) is 5.92 Å². The van der Waals surface area contributed by atoms with Crippen LogP contribution in [-0.2, 0) is 6.54 Å². The van der Waals surface area contributed by atoms with Crippen LogP contribution in [0.4, 0.5) is 5.69 Å². The van der Waals surface area contributed by atoms with Gasteiger partial charge in [0.15, 0.2) is 0 Å². The van der Waals surface area contributed by atoms with E-state index >= 15 is 0 Å². The first-order chi connectivity index (χ1) is 7.65. The molecule has 1 heterocycles. The fraction of sp³-hybridized carbons (Fsp3) is 0.500. The summed E-state index contributed by atoms with van der Waals surface area (Å²) >= 11 is 0. The zero-order valence-corrected chi connectivity index (χ0v) is 9.85. The Balaban J connectivity index is 2.60. The molecule has 0 saturated heterocycles. The van der Waals surface area contributed by atoms with Crippen LogP contribution in [0.15, 0.2) is 18.3 Å². The second-order valence-corrected chi connectivity index (χ2v) is 3.94. The Labute approximate surface area is 96.7 Å². The molecule has 4 heteroatoms. The molecule has 0 amide bonds. The summed E-state index contributed by atoms with van der Waals surface area (Å²) in [6.45, 7) is 6.42. The maximum absolute atomic E-state index is 8.78. The van der Waals surface area contributed by atoms with E-state index in [1.54, 1.807) is 12.3 Å². The molecule has 1 atom stereocenters. The van der Waals surface area contributed by atoms with Gasteiger partial charge in [0.05, 0.1) is 17.7 Å². The van der Waals surface area contributed by atoms with Gasteiger partial charge in [0.1, 0.15) is 0 Å². The fourth-order valence-electron chi connectivity index (χ4n) is 1.55. The Hall–Kier alpha value is -1.60. The van der Waals surface area contributed by atoms with Crippen LogP contribution in [-0.4, -0.2) is 23.0 Å². The first-order valence-corrected chi connectivity index (χ1v) is 5.48. The van der Waals surface area contributed by atoms with E-state index in [0.29, 0.717) is 0 Å². The van der Waals surface area contributed by atoms with Gasteiger partial charge in [-0.1, -0.05) is 6.92 Å². The molecule has 0 aliphatic carbocycles. The van der Waals surface area contributed by atoms with Crippen LogP contribution in [0, 0.1) is 17.2 Å². The van der Waals surface area contributed by atoms with Crippen molar-refractivity contribution in [2.75, 3.05) is 18.8 Å². The summed E-state index contributed by atoms with van der Waals surface area (Å²) in [5.41, 5.74) is 7.37. The number of nitrogens with zero attached hydrogens (tertiary/aromatic N) is 3. The molecule has 1 aromatic heterocycles. The number of nitrogens with two attached hydrogens (primary N) is 1. The topological polar surface area (TPSA) is 65.9 Å². The van der Waals surface area contributed by atoms with Crippen LogP contribution in [0.5, 0.6) is 0 Å². The molecular weight excluding hydrogens is 200 g/mol. The molecule has 4 nitrogen and oxygen atoms in total. The molecule has 2 N–H and O–H groups in total. The quantitative estimate of drug-likeness (QED) is 0.816. The predicted octanol–water partition coefficient (Wildman–Crippen LogP) is 1.65. The van der Waals surface area contributed by atoms with E-state index in [1.165, 1.54) is 0 Å². The molecule has 0 radical (unpaired) electrons. The Bertz CT molecular complexity index is 370. The first kappa shape index (κ1) is 12.5. The number of aromatic nitrogens is 1. The van der Waals surface area contributed by atoms with Crippen LogP contribution in [0.25, 0.3) is 0 Å². The third-order valence-corrected chi connectivity index (χ3v) is 2.43. The van der Waals surface area contributed by atoms with Gasteiger partial charge in [-0.2, -0.15) is 5.26 Å². The van der Waals surface area contributed by atoms with Crippen molar-refractivity contribution < 1.29 is 0 Å². The number of rotatable bonds is 5. The fourth-order valence-corrected chi connectivity index (χ4v) is 1.55. The first-order valence-electron chi connectivity index (χ1n) is 5.48. The summed E-state index contributed by atoms with van der Waals surface area (Å²) in [7, 11) is 0. The normalized spacial score (nSPS) is 12.4. The lowest BCUT2D eigenvalue weighted by molar-refractivity contribution is 0.257. The monoisotopic (exact) mass is 218 g/mol. The standard InChI is InChI=1S/C12H18N4/c1-3-16(8-10(2)7-13)9-12-6-11(14)4-5-15-12/h4-6,10H,3,8-9H2,1-2H3,(H2,14,15). The van der Waals surface area contributed by atoms with E-state index in [0.717, 1.165) is 31.0 Å². The van der Waals surface area contributed by atoms with E-state index < -0.39 is 0 Å². The number of nitrogen functional groups attached to an aromatic ring is 1. The Morgan fingerprint density at radius 1 is 1.62 bits per heavy atom.